The second-order valence-corrected chi connectivity index (χ2v) is 9.20. The molecule has 1 aliphatic heterocycles. The molecule has 1 fully saturated rings. The number of hydrogen-bond acceptors (Lipinski definition) is 4. The van der Waals surface area contributed by atoms with E-state index in [-0.39, 0.29) is 17.4 Å². The summed E-state index contributed by atoms with van der Waals surface area (Å²) in [5.74, 6) is 0.543. The minimum atomic E-state index is -0.202. The first-order chi connectivity index (χ1) is 13.9. The van der Waals surface area contributed by atoms with Gasteiger partial charge in [0, 0.05) is 29.2 Å². The van der Waals surface area contributed by atoms with E-state index >= 15 is 0 Å². The van der Waals surface area contributed by atoms with Crippen molar-refractivity contribution in [1.82, 2.24) is 4.90 Å². The Morgan fingerprint density at radius 2 is 1.86 bits per heavy atom. The van der Waals surface area contributed by atoms with Crippen LogP contribution in [0.2, 0.25) is 5.02 Å². The first-order valence-electron chi connectivity index (χ1n) is 9.55. The number of halogens is 1. The minimum absolute atomic E-state index is 0.186. The topological polar surface area (TPSA) is 49.4 Å². The normalized spacial score (nSPS) is 14.5. The van der Waals surface area contributed by atoms with Crippen molar-refractivity contribution in [3.63, 3.8) is 0 Å². The van der Waals surface area contributed by atoms with E-state index in [1.54, 1.807) is 42.5 Å². The Morgan fingerprint density at radius 3 is 2.55 bits per heavy atom. The number of piperidine rings is 1. The maximum absolute atomic E-state index is 12.9. The van der Waals surface area contributed by atoms with Crippen LogP contribution in [0.15, 0.2) is 48.5 Å². The Balaban J connectivity index is 1.63. The molecule has 1 saturated heterocycles. The zero-order valence-corrected chi connectivity index (χ0v) is 18.6. The van der Waals surface area contributed by atoms with Gasteiger partial charge in [-0.25, -0.2) is 0 Å². The number of carbonyl (C=O) groups is 2. The highest BCUT2D eigenvalue weighted by atomic mass is 35.5. The first-order valence-corrected chi connectivity index (χ1v) is 11.3. The van der Waals surface area contributed by atoms with Crippen LogP contribution in [0.4, 0.5) is 5.69 Å². The monoisotopic (exact) mass is 446 g/mol. The number of carbonyl (C=O) groups excluding carboxylic acids is 2. The van der Waals surface area contributed by atoms with Crippen molar-refractivity contribution >= 4 is 57.3 Å². The molecule has 1 N–H and O–H groups in total. The number of thiocarbonyl (C=S) groups is 1. The molecule has 0 bridgehead atoms. The number of likely N-dealkylation sites (tertiary alicyclic amines) is 1. The molecule has 2 aromatic carbocycles. The first kappa shape index (κ1) is 21.8. The van der Waals surface area contributed by atoms with Crippen LogP contribution < -0.4 is 5.32 Å². The van der Waals surface area contributed by atoms with Gasteiger partial charge in [0.05, 0.1) is 11.4 Å². The molecule has 2 aromatic rings. The maximum atomic E-state index is 12.9. The van der Waals surface area contributed by atoms with Crippen molar-refractivity contribution in [2.75, 3.05) is 24.2 Å². The lowest BCUT2D eigenvalue weighted by Crippen LogP contribution is -2.36. The number of rotatable bonds is 5. The van der Waals surface area contributed by atoms with E-state index in [0.717, 1.165) is 36.2 Å². The second-order valence-electron chi connectivity index (χ2n) is 7.16. The number of anilines is 1. The van der Waals surface area contributed by atoms with Crippen LogP contribution in [0.25, 0.3) is 0 Å². The highest BCUT2D eigenvalue weighted by Gasteiger charge is 2.20. The van der Waals surface area contributed by atoms with Crippen LogP contribution in [0.3, 0.4) is 0 Å². The van der Waals surface area contributed by atoms with Crippen LogP contribution in [0.5, 0.6) is 0 Å². The van der Waals surface area contributed by atoms with E-state index in [0.29, 0.717) is 21.8 Å². The van der Waals surface area contributed by atoms with E-state index in [4.69, 9.17) is 23.8 Å². The van der Waals surface area contributed by atoms with Crippen LogP contribution in [-0.2, 0) is 4.79 Å². The molecule has 3 rings (SSSR count). The molecular formula is C22H23ClN2O2S2. The average Bonchev–Trinajstić information content (AvgIpc) is 2.74. The summed E-state index contributed by atoms with van der Waals surface area (Å²) in [6, 6.07) is 13.8. The van der Waals surface area contributed by atoms with Crippen molar-refractivity contribution in [1.29, 1.82) is 0 Å². The van der Waals surface area contributed by atoms with Crippen LogP contribution in [0.1, 0.15) is 35.7 Å². The smallest absolute Gasteiger partial charge is 0.234 e. The molecule has 1 heterocycles. The molecule has 1 aliphatic rings. The van der Waals surface area contributed by atoms with Gasteiger partial charge in [-0.3, -0.25) is 9.59 Å². The largest absolute Gasteiger partial charge is 0.357 e. The lowest BCUT2D eigenvalue weighted by molar-refractivity contribution is -0.113. The molecule has 0 aromatic heterocycles. The summed E-state index contributed by atoms with van der Waals surface area (Å²) in [5.41, 5.74) is 1.36. The Labute approximate surface area is 186 Å². The summed E-state index contributed by atoms with van der Waals surface area (Å²) in [5, 5.41) is 3.28. The SMILES string of the molecule is CC1CCN(C(=S)SCC(=O)Nc2ccc(Cl)cc2C(=O)c2ccccc2)CC1. The van der Waals surface area contributed by atoms with E-state index in [1.165, 1.54) is 11.8 Å². The van der Waals surface area contributed by atoms with Crippen LogP contribution >= 0.6 is 35.6 Å². The van der Waals surface area contributed by atoms with Gasteiger partial charge in [0.1, 0.15) is 4.32 Å². The molecule has 152 valence electrons. The number of hydrogen-bond donors (Lipinski definition) is 1. The standard InChI is InChI=1S/C22H23ClN2O2S2/c1-15-9-11-25(12-10-15)22(28)29-14-20(26)24-19-8-7-17(23)13-18(19)21(27)16-5-3-2-4-6-16/h2-8,13,15H,9-12,14H2,1H3,(H,24,26). The van der Waals surface area contributed by atoms with Gasteiger partial charge in [-0.2, -0.15) is 0 Å². The Bertz CT molecular complexity index is 897. The average molecular weight is 447 g/mol. The Kier molecular flexibility index (Phi) is 7.70. The molecule has 0 atom stereocenters. The fourth-order valence-corrected chi connectivity index (χ4v) is 4.38. The highest BCUT2D eigenvalue weighted by Crippen LogP contribution is 2.25. The van der Waals surface area contributed by atoms with E-state index in [1.807, 2.05) is 6.07 Å². The van der Waals surface area contributed by atoms with E-state index in [2.05, 4.69) is 17.1 Å². The van der Waals surface area contributed by atoms with Crippen LogP contribution in [0, 0.1) is 5.92 Å². The number of thioether (sulfide) groups is 1. The number of nitrogens with one attached hydrogen (secondary N) is 1. The van der Waals surface area contributed by atoms with Gasteiger partial charge in [-0.1, -0.05) is 72.8 Å². The molecule has 0 unspecified atom stereocenters. The molecule has 0 radical (unpaired) electrons. The van der Waals surface area contributed by atoms with Gasteiger partial charge in [-0.05, 0) is 37.0 Å². The summed E-state index contributed by atoms with van der Waals surface area (Å²) < 4.78 is 0.753. The summed E-state index contributed by atoms with van der Waals surface area (Å²) in [6.07, 6.45) is 2.26. The van der Waals surface area contributed by atoms with Crippen molar-refractivity contribution in [3.8, 4) is 0 Å². The van der Waals surface area contributed by atoms with Gasteiger partial charge in [0.15, 0.2) is 5.78 Å². The maximum Gasteiger partial charge on any atom is 0.234 e. The summed E-state index contributed by atoms with van der Waals surface area (Å²) in [4.78, 5) is 27.5. The Morgan fingerprint density at radius 1 is 1.17 bits per heavy atom. The summed E-state index contributed by atoms with van der Waals surface area (Å²) >= 11 is 12.9. The van der Waals surface area contributed by atoms with Gasteiger partial charge in [0.2, 0.25) is 5.91 Å². The van der Waals surface area contributed by atoms with Crippen molar-refractivity contribution < 1.29 is 9.59 Å². The molecule has 0 saturated carbocycles. The predicted octanol–water partition coefficient (Wildman–Crippen LogP) is 5.26. The third-order valence-corrected chi connectivity index (χ3v) is 6.66. The second kappa shape index (κ2) is 10.2. The lowest BCUT2D eigenvalue weighted by atomic mass is 10.00. The number of benzene rings is 2. The minimum Gasteiger partial charge on any atom is -0.357 e. The molecule has 0 aliphatic carbocycles. The van der Waals surface area contributed by atoms with Crippen molar-refractivity contribution in [2.24, 2.45) is 5.92 Å². The number of nitrogens with zero attached hydrogens (tertiary/aromatic N) is 1. The molecule has 7 heteroatoms. The van der Waals surface area contributed by atoms with Crippen molar-refractivity contribution in [2.45, 2.75) is 19.8 Å². The fourth-order valence-electron chi connectivity index (χ4n) is 3.15. The summed E-state index contributed by atoms with van der Waals surface area (Å²) in [7, 11) is 0. The zero-order valence-electron chi connectivity index (χ0n) is 16.2. The van der Waals surface area contributed by atoms with Gasteiger partial charge < -0.3 is 10.2 Å². The fraction of sp³-hybridized carbons (Fsp3) is 0.318. The van der Waals surface area contributed by atoms with E-state index in [9.17, 15) is 9.59 Å². The highest BCUT2D eigenvalue weighted by molar-refractivity contribution is 8.23. The van der Waals surface area contributed by atoms with Gasteiger partial charge in [0.25, 0.3) is 0 Å². The molecule has 1 amide bonds. The van der Waals surface area contributed by atoms with E-state index < -0.39 is 0 Å². The quantitative estimate of drug-likeness (QED) is 0.501. The number of amides is 1. The molecule has 29 heavy (non-hydrogen) atoms. The number of ketones is 1. The molecule has 0 spiro atoms. The summed E-state index contributed by atoms with van der Waals surface area (Å²) in [6.45, 7) is 4.14. The lowest BCUT2D eigenvalue weighted by Gasteiger charge is -2.31. The third kappa shape index (κ3) is 6.04. The van der Waals surface area contributed by atoms with Crippen LogP contribution in [-0.4, -0.2) is 39.8 Å². The van der Waals surface area contributed by atoms with Gasteiger partial charge >= 0.3 is 0 Å². The Hall–Kier alpha value is -1.89. The van der Waals surface area contributed by atoms with Gasteiger partial charge in [-0.15, -0.1) is 0 Å². The zero-order chi connectivity index (χ0) is 20.8. The van der Waals surface area contributed by atoms with Crippen molar-refractivity contribution in [3.05, 3.63) is 64.7 Å². The molecule has 4 nitrogen and oxygen atoms in total. The molecular weight excluding hydrogens is 424 g/mol. The predicted molar refractivity (Wildman–Crippen MR) is 125 cm³/mol. The third-order valence-electron chi connectivity index (χ3n) is 4.90.